The molecule has 0 radical (unpaired) electrons. The summed E-state index contributed by atoms with van der Waals surface area (Å²) in [4.78, 5) is 15.5. The van der Waals surface area contributed by atoms with E-state index in [2.05, 4.69) is 15.6 Å². The number of hydrogen-bond donors (Lipinski definition) is 2. The van der Waals surface area contributed by atoms with E-state index in [1.807, 2.05) is 24.6 Å². The minimum Gasteiger partial charge on any atom is -0.351 e. The summed E-state index contributed by atoms with van der Waals surface area (Å²) in [7, 11) is 1.77. The lowest BCUT2D eigenvalue weighted by molar-refractivity contribution is -0.123. The first-order valence-electron chi connectivity index (χ1n) is 5.07. The van der Waals surface area contributed by atoms with E-state index in [0.717, 1.165) is 6.54 Å². The largest absolute Gasteiger partial charge is 0.351 e. The Balaban J connectivity index is 2.36. The van der Waals surface area contributed by atoms with Crippen LogP contribution in [0.2, 0.25) is 0 Å². The maximum atomic E-state index is 11.5. The van der Waals surface area contributed by atoms with Crippen LogP contribution in [-0.2, 0) is 11.3 Å². The van der Waals surface area contributed by atoms with Crippen molar-refractivity contribution in [1.29, 1.82) is 0 Å². The monoisotopic (exact) mass is 210 g/mol. The van der Waals surface area contributed by atoms with Gasteiger partial charge in [-0.25, -0.2) is 4.98 Å². The molecule has 0 saturated carbocycles. The van der Waals surface area contributed by atoms with Gasteiger partial charge >= 0.3 is 0 Å². The van der Waals surface area contributed by atoms with Crippen molar-refractivity contribution in [2.45, 2.75) is 32.5 Å². The number of carbonyl (C=O) groups is 1. The third-order valence-electron chi connectivity index (χ3n) is 2.26. The van der Waals surface area contributed by atoms with Crippen molar-refractivity contribution in [2.24, 2.45) is 0 Å². The molecular formula is C10H18N4O. The van der Waals surface area contributed by atoms with E-state index in [-0.39, 0.29) is 18.0 Å². The van der Waals surface area contributed by atoms with Crippen LogP contribution in [0.1, 0.15) is 13.8 Å². The van der Waals surface area contributed by atoms with Crippen molar-refractivity contribution in [3.05, 3.63) is 18.7 Å². The molecule has 5 heteroatoms. The number of amides is 1. The highest BCUT2D eigenvalue weighted by atomic mass is 16.2. The molecule has 15 heavy (non-hydrogen) atoms. The van der Waals surface area contributed by atoms with Gasteiger partial charge in [-0.3, -0.25) is 4.79 Å². The second kappa shape index (κ2) is 5.50. The molecule has 5 nitrogen and oxygen atoms in total. The van der Waals surface area contributed by atoms with Crippen LogP contribution in [0.5, 0.6) is 0 Å². The van der Waals surface area contributed by atoms with E-state index in [4.69, 9.17) is 0 Å². The minimum atomic E-state index is -0.157. The van der Waals surface area contributed by atoms with Crippen LogP contribution < -0.4 is 10.6 Å². The molecule has 2 unspecified atom stereocenters. The van der Waals surface area contributed by atoms with Crippen molar-refractivity contribution >= 4 is 5.91 Å². The predicted molar refractivity (Wildman–Crippen MR) is 58.4 cm³/mol. The van der Waals surface area contributed by atoms with Gasteiger partial charge in [-0.2, -0.15) is 0 Å². The third kappa shape index (κ3) is 3.71. The minimum absolute atomic E-state index is 0.0186. The molecule has 1 aromatic rings. The molecule has 2 atom stereocenters. The standard InChI is InChI=1S/C10H18N4O/c1-8(6-14-5-4-12-7-14)13-10(15)9(2)11-3/h4-5,7-9,11H,6H2,1-3H3,(H,13,15). The van der Waals surface area contributed by atoms with Gasteiger partial charge in [0.05, 0.1) is 12.4 Å². The SMILES string of the molecule is CNC(C)C(=O)NC(C)Cn1ccnc1. The molecule has 0 aliphatic carbocycles. The Bertz CT molecular complexity index is 296. The summed E-state index contributed by atoms with van der Waals surface area (Å²) >= 11 is 0. The lowest BCUT2D eigenvalue weighted by atomic mass is 10.2. The Morgan fingerprint density at radius 3 is 2.80 bits per heavy atom. The molecule has 1 amide bonds. The summed E-state index contributed by atoms with van der Waals surface area (Å²) in [6.45, 7) is 4.54. The molecule has 84 valence electrons. The van der Waals surface area contributed by atoms with Gasteiger partial charge in [-0.1, -0.05) is 0 Å². The Kier molecular flexibility index (Phi) is 4.30. The second-order valence-electron chi connectivity index (χ2n) is 3.68. The van der Waals surface area contributed by atoms with E-state index in [1.165, 1.54) is 0 Å². The summed E-state index contributed by atoms with van der Waals surface area (Å²) in [6, 6.07) is -0.0577. The fourth-order valence-electron chi connectivity index (χ4n) is 1.26. The highest BCUT2D eigenvalue weighted by Crippen LogP contribution is 1.92. The van der Waals surface area contributed by atoms with Gasteiger partial charge in [0.1, 0.15) is 0 Å². The maximum absolute atomic E-state index is 11.5. The number of carbonyl (C=O) groups excluding carboxylic acids is 1. The van der Waals surface area contributed by atoms with Crippen LogP contribution in [0.4, 0.5) is 0 Å². The van der Waals surface area contributed by atoms with Gasteiger partial charge in [0.25, 0.3) is 0 Å². The van der Waals surface area contributed by atoms with E-state index >= 15 is 0 Å². The third-order valence-corrected chi connectivity index (χ3v) is 2.26. The van der Waals surface area contributed by atoms with E-state index in [9.17, 15) is 4.79 Å². The van der Waals surface area contributed by atoms with Crippen molar-refractivity contribution in [3.63, 3.8) is 0 Å². The van der Waals surface area contributed by atoms with Gasteiger partial charge in [-0.05, 0) is 20.9 Å². The number of rotatable bonds is 5. The first-order valence-corrected chi connectivity index (χ1v) is 5.07. The van der Waals surface area contributed by atoms with Crippen LogP contribution in [0.25, 0.3) is 0 Å². The fourth-order valence-corrected chi connectivity index (χ4v) is 1.26. The highest BCUT2D eigenvalue weighted by molar-refractivity contribution is 5.81. The quantitative estimate of drug-likeness (QED) is 0.719. The van der Waals surface area contributed by atoms with Crippen molar-refractivity contribution in [1.82, 2.24) is 20.2 Å². The number of likely N-dealkylation sites (N-methyl/N-ethyl adjacent to an activating group) is 1. The van der Waals surface area contributed by atoms with Crippen LogP contribution in [0.15, 0.2) is 18.7 Å². The second-order valence-corrected chi connectivity index (χ2v) is 3.68. The van der Waals surface area contributed by atoms with Gasteiger partial charge in [0, 0.05) is 25.0 Å². The molecule has 1 heterocycles. The summed E-state index contributed by atoms with van der Waals surface area (Å²) < 4.78 is 1.94. The smallest absolute Gasteiger partial charge is 0.237 e. The van der Waals surface area contributed by atoms with E-state index < -0.39 is 0 Å². The molecule has 0 aliphatic rings. The van der Waals surface area contributed by atoms with Crippen LogP contribution >= 0.6 is 0 Å². The molecule has 2 N–H and O–H groups in total. The summed E-state index contributed by atoms with van der Waals surface area (Å²) in [5.74, 6) is 0.0186. The zero-order valence-electron chi connectivity index (χ0n) is 9.40. The van der Waals surface area contributed by atoms with Crippen molar-refractivity contribution < 1.29 is 4.79 Å². The maximum Gasteiger partial charge on any atom is 0.237 e. The Hall–Kier alpha value is -1.36. The van der Waals surface area contributed by atoms with Crippen molar-refractivity contribution in [2.75, 3.05) is 7.05 Å². The normalized spacial score (nSPS) is 14.6. The number of nitrogens with one attached hydrogen (secondary N) is 2. The lowest BCUT2D eigenvalue weighted by Gasteiger charge is -2.17. The lowest BCUT2D eigenvalue weighted by Crippen LogP contribution is -2.45. The average Bonchev–Trinajstić information content (AvgIpc) is 2.68. The Labute approximate surface area is 89.9 Å². The summed E-state index contributed by atoms with van der Waals surface area (Å²) in [6.07, 6.45) is 5.35. The number of imidazole rings is 1. The molecule has 0 aromatic carbocycles. The molecule has 0 spiro atoms. The first-order chi connectivity index (χ1) is 7.13. The molecule has 1 aromatic heterocycles. The number of hydrogen-bond acceptors (Lipinski definition) is 3. The van der Waals surface area contributed by atoms with Crippen LogP contribution in [0, 0.1) is 0 Å². The van der Waals surface area contributed by atoms with E-state index in [0.29, 0.717) is 0 Å². The molecule has 1 rings (SSSR count). The van der Waals surface area contributed by atoms with Crippen LogP contribution in [-0.4, -0.2) is 34.6 Å². The molecular weight excluding hydrogens is 192 g/mol. The molecule has 0 saturated heterocycles. The van der Waals surface area contributed by atoms with Gasteiger partial charge < -0.3 is 15.2 Å². The number of aromatic nitrogens is 2. The van der Waals surface area contributed by atoms with Gasteiger partial charge in [0.15, 0.2) is 0 Å². The zero-order valence-corrected chi connectivity index (χ0v) is 9.40. The summed E-state index contributed by atoms with van der Waals surface area (Å²) in [5, 5.41) is 5.82. The molecule has 0 fully saturated rings. The van der Waals surface area contributed by atoms with E-state index in [1.54, 1.807) is 19.6 Å². The topological polar surface area (TPSA) is 59.0 Å². The fraction of sp³-hybridized carbons (Fsp3) is 0.600. The molecule has 0 aliphatic heterocycles. The van der Waals surface area contributed by atoms with Gasteiger partial charge in [-0.15, -0.1) is 0 Å². The number of nitrogens with zero attached hydrogens (tertiary/aromatic N) is 2. The highest BCUT2D eigenvalue weighted by Gasteiger charge is 2.12. The average molecular weight is 210 g/mol. The van der Waals surface area contributed by atoms with Gasteiger partial charge in [0.2, 0.25) is 5.91 Å². The Morgan fingerprint density at radius 2 is 2.27 bits per heavy atom. The van der Waals surface area contributed by atoms with Crippen LogP contribution in [0.3, 0.4) is 0 Å². The summed E-state index contributed by atoms with van der Waals surface area (Å²) in [5.41, 5.74) is 0. The zero-order chi connectivity index (χ0) is 11.3. The Morgan fingerprint density at radius 1 is 1.53 bits per heavy atom. The molecule has 0 bridgehead atoms. The van der Waals surface area contributed by atoms with Crippen molar-refractivity contribution in [3.8, 4) is 0 Å². The predicted octanol–water partition coefficient (Wildman–Crippen LogP) is -0.00430. The first kappa shape index (κ1) is 11.7.